The van der Waals surface area contributed by atoms with Crippen LogP contribution in [-0.2, 0) is 23.9 Å². The second-order valence-corrected chi connectivity index (χ2v) is 21.2. The highest BCUT2D eigenvalue weighted by molar-refractivity contribution is 8.15. The average Bonchev–Trinajstić information content (AvgIpc) is 3.86. The smallest absolute Gasteiger partial charge is 0.737 e. The van der Waals surface area contributed by atoms with Gasteiger partial charge in [0.05, 0.1) is 7.11 Å². The molecule has 16 heteroatoms. The first-order valence-corrected chi connectivity index (χ1v) is 24.1. The van der Waals surface area contributed by atoms with Crippen LogP contribution in [-0.4, -0.2) is 80.8 Å². The molecule has 338 valence electrons. The van der Waals surface area contributed by atoms with Crippen LogP contribution in [0, 0.1) is 19.8 Å². The van der Waals surface area contributed by atoms with Crippen molar-refractivity contribution in [1.82, 2.24) is 15.1 Å². The van der Waals surface area contributed by atoms with Crippen molar-refractivity contribution in [2.24, 2.45) is 5.92 Å². The SMILES string of the molecule is COC(=O)[C@@H](NC(=O)[C@H](CSC(C(=O)Nc1ccccc1)[P+](c1ccccc1)(c1ccccc1)c1ccccc1)NC(=O)CCC1=[N+]2C(=Cc3c(C)cc(C)n3[B-]2(F)F)C=C1)C(C)C.[OH-]. The number of carbonyl (C=O) groups is 4. The van der Waals surface area contributed by atoms with Crippen molar-refractivity contribution in [3.63, 3.8) is 0 Å². The molecule has 2 aliphatic rings. The molecule has 3 heterocycles. The minimum absolute atomic E-state index is 0. The van der Waals surface area contributed by atoms with Gasteiger partial charge in [0.2, 0.25) is 16.8 Å². The molecule has 0 bridgehead atoms. The lowest BCUT2D eigenvalue weighted by atomic mass is 9.90. The summed E-state index contributed by atoms with van der Waals surface area (Å²) in [4.78, 5) is 55.7. The molecule has 0 saturated heterocycles. The van der Waals surface area contributed by atoms with Crippen molar-refractivity contribution in [1.29, 1.82) is 0 Å². The average molecular weight is 920 g/mol. The van der Waals surface area contributed by atoms with Gasteiger partial charge in [0.15, 0.2) is 5.70 Å². The number of aromatic nitrogens is 1. The number of nitrogens with one attached hydrogen (secondary N) is 3. The Hall–Kier alpha value is -6.15. The zero-order valence-electron chi connectivity index (χ0n) is 36.9. The molecule has 5 aromatic rings. The van der Waals surface area contributed by atoms with Crippen LogP contribution in [0.15, 0.2) is 145 Å². The molecular formula is C49H53BF2N5O6PS. The van der Waals surface area contributed by atoms with E-state index in [0.717, 1.165) is 30.4 Å². The Morgan fingerprint density at radius 1 is 0.785 bits per heavy atom. The number of aryl methyl sites for hydroxylation is 2. The van der Waals surface area contributed by atoms with E-state index in [2.05, 4.69) is 16.0 Å². The third-order valence-corrected chi connectivity index (χ3v) is 18.3. The highest BCUT2D eigenvalue weighted by Crippen LogP contribution is 2.63. The summed E-state index contributed by atoms with van der Waals surface area (Å²) < 4.78 is 39.6. The van der Waals surface area contributed by atoms with E-state index < -0.39 is 49.1 Å². The second kappa shape index (κ2) is 20.8. The third-order valence-electron chi connectivity index (χ3n) is 11.6. The fraction of sp³-hybridized carbons (Fsp3) is 0.245. The topological polar surface area (TPSA) is 152 Å². The number of fused-ring (bicyclic) bond motifs is 2. The number of halogens is 2. The molecule has 0 spiro atoms. The van der Waals surface area contributed by atoms with Crippen LogP contribution in [0.25, 0.3) is 6.08 Å². The van der Waals surface area contributed by atoms with Gasteiger partial charge in [-0.3, -0.25) is 14.4 Å². The van der Waals surface area contributed by atoms with Gasteiger partial charge in [-0.15, -0.1) is 11.8 Å². The van der Waals surface area contributed by atoms with Crippen LogP contribution in [0.3, 0.4) is 0 Å². The summed E-state index contributed by atoms with van der Waals surface area (Å²) in [5.74, 6) is -2.67. The fourth-order valence-electron chi connectivity index (χ4n) is 8.58. The predicted molar refractivity (Wildman–Crippen MR) is 258 cm³/mol. The van der Waals surface area contributed by atoms with E-state index in [1.165, 1.54) is 18.9 Å². The van der Waals surface area contributed by atoms with Crippen LogP contribution < -0.4 is 31.9 Å². The lowest BCUT2D eigenvalue weighted by molar-refractivity contribution is -0.362. The largest absolute Gasteiger partial charge is 0.870 e. The Morgan fingerprint density at radius 3 is 1.85 bits per heavy atom. The normalized spacial score (nSPS) is 15.1. The van der Waals surface area contributed by atoms with Gasteiger partial charge in [0.1, 0.15) is 41.0 Å². The van der Waals surface area contributed by atoms with Crippen molar-refractivity contribution in [3.8, 4) is 0 Å². The van der Waals surface area contributed by atoms with Crippen molar-refractivity contribution >= 4 is 83.1 Å². The molecule has 65 heavy (non-hydrogen) atoms. The van der Waals surface area contributed by atoms with Gasteiger partial charge in [0, 0.05) is 48.2 Å². The highest BCUT2D eigenvalue weighted by Gasteiger charge is 2.57. The summed E-state index contributed by atoms with van der Waals surface area (Å²) in [5, 5.41) is 11.6. The summed E-state index contributed by atoms with van der Waals surface area (Å²) >= 11 is 1.24. The zero-order valence-corrected chi connectivity index (χ0v) is 38.6. The minimum Gasteiger partial charge on any atom is -0.870 e. The van der Waals surface area contributed by atoms with Gasteiger partial charge >= 0.3 is 12.9 Å². The lowest BCUT2D eigenvalue weighted by Crippen LogP contribution is -2.55. The number of nitrogens with zero attached hydrogens (tertiary/aromatic N) is 2. The maximum Gasteiger partial charge on any atom is 0.737 e. The zero-order chi connectivity index (χ0) is 45.6. The molecule has 3 atom stereocenters. The number of methoxy groups -OCH3 is 1. The maximum atomic E-state index is 16.3. The molecule has 4 N–H and O–H groups in total. The first kappa shape index (κ1) is 48.3. The molecule has 2 aliphatic heterocycles. The van der Waals surface area contributed by atoms with Crippen LogP contribution in [0.4, 0.5) is 14.3 Å². The monoisotopic (exact) mass is 919 g/mol. The number of esters is 1. The Balaban J connectivity index is 0.00000700. The van der Waals surface area contributed by atoms with Crippen molar-refractivity contribution < 1.29 is 42.5 Å². The summed E-state index contributed by atoms with van der Waals surface area (Å²) in [6.45, 7) is 2.73. The molecule has 0 fully saturated rings. The number of hydrogen-bond donors (Lipinski definition) is 3. The molecule has 0 saturated carbocycles. The van der Waals surface area contributed by atoms with Gasteiger partial charge in [0.25, 0.3) is 5.91 Å². The standard InChI is InChI=1S/C49H51BF2N5O5PS.H2O/c1-33(2)45(48(61)62-5)55-46(59)42(54-44(58)29-28-37-26-27-38-31-43-34(3)30-35(4)56(43)50(51,52)57(37)38)32-64-49(47(60)53-36-18-10-6-11-19-36)63(39-20-12-7-13-21-39,40-22-14-8-15-23-40)41-24-16-9-17-25-41;/h6-27,30-31,33,42,45,49H,28-29,32H2,1-5H3,(H2-,53,54,55,58,59,60);1H2/t42-,45-,49?;/m0./s1. The number of anilines is 1. The molecule has 1 unspecified atom stereocenters. The Kier molecular flexibility index (Phi) is 15.4. The number of hydrogen-bond acceptors (Lipinski definition) is 7. The van der Waals surface area contributed by atoms with Gasteiger partial charge in [-0.25, -0.2) is 4.79 Å². The van der Waals surface area contributed by atoms with Crippen molar-refractivity contribution in [2.75, 3.05) is 18.2 Å². The Morgan fingerprint density at radius 2 is 1.32 bits per heavy atom. The summed E-state index contributed by atoms with van der Waals surface area (Å²) in [7, 11) is -1.75. The third kappa shape index (κ3) is 9.92. The molecule has 3 amide bonds. The van der Waals surface area contributed by atoms with Crippen LogP contribution in [0.2, 0.25) is 0 Å². The van der Waals surface area contributed by atoms with Crippen LogP contribution in [0.1, 0.15) is 43.6 Å². The lowest BCUT2D eigenvalue weighted by Gasteiger charge is -2.34. The molecule has 7 rings (SSSR count). The van der Waals surface area contributed by atoms with Gasteiger partial charge in [-0.05, 0) is 85.6 Å². The molecule has 0 aliphatic carbocycles. The van der Waals surface area contributed by atoms with Gasteiger partial charge < -0.3 is 43.8 Å². The number of allylic oxidation sites excluding steroid dienone is 2. The van der Waals surface area contributed by atoms with Crippen molar-refractivity contribution in [3.05, 3.63) is 162 Å². The first-order valence-electron chi connectivity index (χ1n) is 21.2. The Bertz CT molecular complexity index is 2520. The van der Waals surface area contributed by atoms with Gasteiger partial charge in [-0.1, -0.05) is 86.6 Å². The molecule has 4 aromatic carbocycles. The summed E-state index contributed by atoms with van der Waals surface area (Å²) in [6.07, 6.45) is 4.69. The first-order chi connectivity index (χ1) is 30.8. The van der Waals surface area contributed by atoms with E-state index in [1.807, 2.05) is 109 Å². The highest BCUT2D eigenvalue weighted by atomic mass is 32.2. The van der Waals surface area contributed by atoms with E-state index in [9.17, 15) is 14.4 Å². The van der Waals surface area contributed by atoms with Crippen molar-refractivity contribution in [2.45, 2.75) is 57.6 Å². The fourth-order valence-corrected chi connectivity index (χ4v) is 15.7. The summed E-state index contributed by atoms with van der Waals surface area (Å²) in [6, 6.07) is 38.1. The van der Waals surface area contributed by atoms with E-state index in [-0.39, 0.29) is 41.6 Å². The number of rotatable bonds is 17. The van der Waals surface area contributed by atoms with Crippen LogP contribution >= 0.6 is 19.0 Å². The number of amides is 3. The molecule has 11 nitrogen and oxygen atoms in total. The van der Waals surface area contributed by atoms with E-state index in [0.29, 0.717) is 22.8 Å². The maximum absolute atomic E-state index is 16.3. The van der Waals surface area contributed by atoms with E-state index >= 15 is 13.4 Å². The number of thioether (sulfide) groups is 1. The molecular weight excluding hydrogens is 866 g/mol. The second-order valence-electron chi connectivity index (χ2n) is 16.2. The Labute approximate surface area is 383 Å². The number of benzene rings is 4. The minimum atomic E-state index is -4.25. The number of para-hydroxylation sites is 1. The molecule has 0 radical (unpaired) electrons. The van der Waals surface area contributed by atoms with Gasteiger partial charge in [-0.2, -0.15) is 0 Å². The summed E-state index contributed by atoms with van der Waals surface area (Å²) in [5.41, 5.74) is 2.82. The van der Waals surface area contributed by atoms with E-state index in [4.69, 9.17) is 4.74 Å². The van der Waals surface area contributed by atoms with Crippen LogP contribution in [0.5, 0.6) is 0 Å². The quantitative estimate of drug-likeness (QED) is 0.0528. The number of carbonyl (C=O) groups excluding carboxylic acids is 4. The van der Waals surface area contributed by atoms with E-state index in [1.54, 1.807) is 64.1 Å². The molecule has 1 aromatic heterocycles. The number of ether oxygens (including phenoxy) is 1. The predicted octanol–water partition coefficient (Wildman–Crippen LogP) is 6.80.